The van der Waals surface area contributed by atoms with Gasteiger partial charge in [0.2, 0.25) is 5.88 Å². The highest BCUT2D eigenvalue weighted by atomic mass is 16.5. The molecule has 1 aromatic rings. The average Bonchev–Trinajstić information content (AvgIpc) is 2.06. The van der Waals surface area contributed by atoms with Gasteiger partial charge in [-0.15, -0.1) is 0 Å². The van der Waals surface area contributed by atoms with Crippen LogP contribution in [0.25, 0.3) is 0 Å². The zero-order valence-corrected chi connectivity index (χ0v) is 6.47. The average molecular weight is 160 g/mol. The summed E-state index contributed by atoms with van der Waals surface area (Å²) >= 11 is 0. The van der Waals surface area contributed by atoms with Gasteiger partial charge in [0.25, 0.3) is 0 Å². The van der Waals surface area contributed by atoms with E-state index in [0.717, 1.165) is 5.56 Å². The minimum atomic E-state index is 0.529. The summed E-state index contributed by atoms with van der Waals surface area (Å²) < 4.78 is 5.34. The topological polar surface area (TPSA) is 34.5 Å². The second-order valence-electron chi connectivity index (χ2n) is 2.37. The third-order valence-electron chi connectivity index (χ3n) is 1.52. The number of ether oxygens (including phenoxy) is 1. The highest BCUT2D eigenvalue weighted by molar-refractivity contribution is 5.82. The van der Waals surface area contributed by atoms with Crippen LogP contribution in [-0.4, -0.2) is 17.8 Å². The minimum absolute atomic E-state index is 0.529. The van der Waals surface area contributed by atoms with Crippen LogP contribution < -0.4 is 4.74 Å². The van der Waals surface area contributed by atoms with Crippen LogP contribution in [0, 0.1) is 0 Å². The molecule has 1 aliphatic heterocycles. The molecule has 0 amide bonds. The van der Waals surface area contributed by atoms with Gasteiger partial charge in [-0.25, -0.2) is 4.98 Å². The Morgan fingerprint density at radius 3 is 3.42 bits per heavy atom. The smallest absolute Gasteiger partial charge is 0.222 e. The van der Waals surface area contributed by atoms with Gasteiger partial charge in [0.1, 0.15) is 6.61 Å². The van der Waals surface area contributed by atoms with E-state index >= 15 is 0 Å². The SMILES string of the molecule is C1=CN=Cc2cccnc2OC1. The first-order valence-corrected chi connectivity index (χ1v) is 3.73. The van der Waals surface area contributed by atoms with E-state index in [2.05, 4.69) is 9.98 Å². The predicted octanol–water partition coefficient (Wildman–Crippen LogP) is 1.41. The van der Waals surface area contributed by atoms with Crippen molar-refractivity contribution in [3.63, 3.8) is 0 Å². The van der Waals surface area contributed by atoms with Crippen molar-refractivity contribution in [1.29, 1.82) is 0 Å². The van der Waals surface area contributed by atoms with Crippen molar-refractivity contribution < 1.29 is 4.74 Å². The Morgan fingerprint density at radius 2 is 2.42 bits per heavy atom. The standard InChI is InChI=1S/C9H8N2O/c1-3-8-7-10-4-2-6-12-9(8)11-5-1/h1-5,7H,6H2. The molecule has 0 fully saturated rings. The van der Waals surface area contributed by atoms with Crippen molar-refractivity contribution in [3.8, 4) is 5.88 Å². The van der Waals surface area contributed by atoms with E-state index in [4.69, 9.17) is 4.74 Å². The number of aromatic nitrogens is 1. The summed E-state index contributed by atoms with van der Waals surface area (Å²) in [6.45, 7) is 0.529. The van der Waals surface area contributed by atoms with E-state index in [1.54, 1.807) is 18.6 Å². The van der Waals surface area contributed by atoms with Gasteiger partial charge in [-0.2, -0.15) is 0 Å². The molecule has 0 aliphatic carbocycles. The first-order chi connectivity index (χ1) is 5.97. The van der Waals surface area contributed by atoms with E-state index in [0.29, 0.717) is 12.5 Å². The normalized spacial score (nSPS) is 14.3. The molecule has 0 N–H and O–H groups in total. The summed E-state index contributed by atoms with van der Waals surface area (Å²) in [7, 11) is 0. The monoisotopic (exact) mass is 160 g/mol. The molecule has 2 heterocycles. The van der Waals surface area contributed by atoms with Gasteiger partial charge in [0.05, 0.1) is 5.56 Å². The van der Waals surface area contributed by atoms with Gasteiger partial charge in [0, 0.05) is 18.6 Å². The third kappa shape index (κ3) is 1.34. The molecule has 0 bridgehead atoms. The lowest BCUT2D eigenvalue weighted by Gasteiger charge is -2.05. The van der Waals surface area contributed by atoms with Crippen molar-refractivity contribution in [2.24, 2.45) is 4.99 Å². The molecule has 60 valence electrons. The summed E-state index contributed by atoms with van der Waals surface area (Å²) in [4.78, 5) is 8.12. The molecule has 1 aliphatic rings. The second kappa shape index (κ2) is 3.17. The Balaban J connectivity index is 2.43. The lowest BCUT2D eigenvalue weighted by atomic mass is 10.3. The molecule has 2 rings (SSSR count). The van der Waals surface area contributed by atoms with E-state index in [9.17, 15) is 0 Å². The molecular formula is C9H8N2O. The first-order valence-electron chi connectivity index (χ1n) is 3.73. The van der Waals surface area contributed by atoms with E-state index in [1.807, 2.05) is 18.2 Å². The summed E-state index contributed by atoms with van der Waals surface area (Å²) in [5, 5.41) is 0. The maximum atomic E-state index is 5.34. The van der Waals surface area contributed by atoms with Crippen LogP contribution in [0.1, 0.15) is 5.56 Å². The van der Waals surface area contributed by atoms with Crippen LogP contribution in [0.15, 0.2) is 35.6 Å². The number of hydrogen-bond donors (Lipinski definition) is 0. The molecule has 12 heavy (non-hydrogen) atoms. The van der Waals surface area contributed by atoms with Crippen LogP contribution in [0.2, 0.25) is 0 Å². The lowest BCUT2D eigenvalue weighted by molar-refractivity contribution is 0.347. The van der Waals surface area contributed by atoms with Crippen molar-refractivity contribution in [1.82, 2.24) is 4.98 Å². The Kier molecular flexibility index (Phi) is 1.86. The number of hydrogen-bond acceptors (Lipinski definition) is 3. The van der Waals surface area contributed by atoms with Crippen LogP contribution in [-0.2, 0) is 0 Å². The minimum Gasteiger partial charge on any atom is -0.473 e. The third-order valence-corrected chi connectivity index (χ3v) is 1.52. The molecule has 0 saturated carbocycles. The van der Waals surface area contributed by atoms with Crippen LogP contribution >= 0.6 is 0 Å². The fraction of sp³-hybridized carbons (Fsp3) is 0.111. The maximum Gasteiger partial charge on any atom is 0.222 e. The number of rotatable bonds is 0. The van der Waals surface area contributed by atoms with Crippen molar-refractivity contribution >= 4 is 6.21 Å². The Bertz CT molecular complexity index is 331. The van der Waals surface area contributed by atoms with Gasteiger partial charge in [-0.1, -0.05) is 0 Å². The molecular weight excluding hydrogens is 152 g/mol. The number of fused-ring (bicyclic) bond motifs is 1. The summed E-state index contributed by atoms with van der Waals surface area (Å²) in [6, 6.07) is 3.78. The van der Waals surface area contributed by atoms with Crippen LogP contribution in [0.3, 0.4) is 0 Å². The van der Waals surface area contributed by atoms with Gasteiger partial charge < -0.3 is 4.74 Å². The first kappa shape index (κ1) is 7.03. The number of aliphatic imine (C=N–C) groups is 1. The van der Waals surface area contributed by atoms with E-state index in [1.165, 1.54) is 0 Å². The molecule has 0 radical (unpaired) electrons. The van der Waals surface area contributed by atoms with Crippen molar-refractivity contribution in [2.75, 3.05) is 6.61 Å². The molecule has 3 heteroatoms. The Hall–Kier alpha value is -1.64. The van der Waals surface area contributed by atoms with Gasteiger partial charge >= 0.3 is 0 Å². The molecule has 3 nitrogen and oxygen atoms in total. The molecule has 0 unspecified atom stereocenters. The van der Waals surface area contributed by atoms with E-state index in [-0.39, 0.29) is 0 Å². The van der Waals surface area contributed by atoms with Gasteiger partial charge in [-0.05, 0) is 18.2 Å². The number of nitrogens with zero attached hydrogens (tertiary/aromatic N) is 2. The molecule has 0 saturated heterocycles. The maximum absolute atomic E-state index is 5.34. The fourth-order valence-corrected chi connectivity index (χ4v) is 0.976. The Morgan fingerprint density at radius 1 is 1.42 bits per heavy atom. The van der Waals surface area contributed by atoms with Gasteiger partial charge in [0.15, 0.2) is 0 Å². The van der Waals surface area contributed by atoms with Crippen molar-refractivity contribution in [2.45, 2.75) is 0 Å². The van der Waals surface area contributed by atoms with Crippen molar-refractivity contribution in [3.05, 3.63) is 36.2 Å². The highest BCUT2D eigenvalue weighted by Crippen LogP contribution is 2.12. The van der Waals surface area contributed by atoms with Crippen LogP contribution in [0.5, 0.6) is 5.88 Å². The highest BCUT2D eigenvalue weighted by Gasteiger charge is 2.01. The summed E-state index contributed by atoms with van der Waals surface area (Å²) in [6.07, 6.45) is 7.00. The molecule has 1 aromatic heterocycles. The zero-order valence-electron chi connectivity index (χ0n) is 6.47. The quantitative estimate of drug-likeness (QED) is 0.575. The summed E-state index contributed by atoms with van der Waals surface area (Å²) in [5.74, 6) is 0.644. The summed E-state index contributed by atoms with van der Waals surface area (Å²) in [5.41, 5.74) is 0.918. The fourth-order valence-electron chi connectivity index (χ4n) is 0.976. The predicted molar refractivity (Wildman–Crippen MR) is 46.5 cm³/mol. The second-order valence-corrected chi connectivity index (χ2v) is 2.37. The Labute approximate surface area is 70.4 Å². The molecule has 0 atom stereocenters. The van der Waals surface area contributed by atoms with E-state index < -0.39 is 0 Å². The van der Waals surface area contributed by atoms with Gasteiger partial charge in [-0.3, -0.25) is 4.99 Å². The molecule has 0 aromatic carbocycles. The largest absolute Gasteiger partial charge is 0.473 e. The van der Waals surface area contributed by atoms with Crippen LogP contribution in [0.4, 0.5) is 0 Å². The number of pyridine rings is 1. The lowest BCUT2D eigenvalue weighted by Crippen LogP contribution is -2.00. The zero-order chi connectivity index (χ0) is 8.23. The molecule has 0 spiro atoms.